The van der Waals surface area contributed by atoms with Gasteiger partial charge in [-0.15, -0.1) is 0 Å². The van der Waals surface area contributed by atoms with E-state index in [0.29, 0.717) is 25.9 Å². The molecule has 1 heterocycles. The van der Waals surface area contributed by atoms with Crippen LogP contribution in [0.15, 0.2) is 24.3 Å². The van der Waals surface area contributed by atoms with Crippen LogP contribution in [0.5, 0.6) is 0 Å². The van der Waals surface area contributed by atoms with Crippen molar-refractivity contribution in [1.82, 2.24) is 4.90 Å². The first-order chi connectivity index (χ1) is 26.2. The monoisotopic (exact) mass is 760 g/mol. The van der Waals surface area contributed by atoms with Gasteiger partial charge in [0.2, 0.25) is 0 Å². The summed E-state index contributed by atoms with van der Waals surface area (Å²) >= 11 is 0. The van der Waals surface area contributed by atoms with Crippen LogP contribution in [0.25, 0.3) is 0 Å². The van der Waals surface area contributed by atoms with Crippen molar-refractivity contribution in [3.63, 3.8) is 0 Å². The number of unbranched alkanes of at least 4 members (excludes halogenated alkanes) is 22. The molecule has 0 aromatic heterocycles. The molecular weight excluding hydrogens is 675 g/mol. The molecular formula is C47H85NO6. The molecule has 1 aliphatic rings. The zero-order valence-electron chi connectivity index (χ0n) is 36.0. The first kappa shape index (κ1) is 49.7. The summed E-state index contributed by atoms with van der Waals surface area (Å²) in [6, 6.07) is 0. The Hall–Kier alpha value is -2.31. The molecule has 1 saturated heterocycles. The minimum absolute atomic E-state index is 0.0942. The molecule has 314 valence electrons. The fourth-order valence-electron chi connectivity index (χ4n) is 7.02. The normalized spacial score (nSPS) is 16.1. The molecule has 1 amide bonds. The minimum Gasteiger partial charge on any atom is -0.465 e. The lowest BCUT2D eigenvalue weighted by molar-refractivity contribution is -0.149. The summed E-state index contributed by atoms with van der Waals surface area (Å²) in [4.78, 5) is 39.7. The number of likely N-dealkylation sites (tertiary alicyclic amines) is 1. The molecule has 7 heteroatoms. The Bertz CT molecular complexity index is 921. The van der Waals surface area contributed by atoms with E-state index in [9.17, 15) is 14.4 Å². The Morgan fingerprint density at radius 1 is 0.500 bits per heavy atom. The highest BCUT2D eigenvalue weighted by molar-refractivity contribution is 5.70. The summed E-state index contributed by atoms with van der Waals surface area (Å²) in [5, 5.41) is 0. The summed E-state index contributed by atoms with van der Waals surface area (Å²) in [5.74, 6) is -0.571. The third kappa shape index (κ3) is 30.0. The fourth-order valence-corrected chi connectivity index (χ4v) is 7.02. The van der Waals surface area contributed by atoms with Crippen LogP contribution in [0.2, 0.25) is 0 Å². The molecule has 0 aromatic rings. The number of carbonyl (C=O) groups excluding carboxylic acids is 3. The molecule has 0 saturated carbocycles. The molecule has 2 atom stereocenters. The van der Waals surface area contributed by atoms with Crippen molar-refractivity contribution in [2.45, 2.75) is 220 Å². The van der Waals surface area contributed by atoms with E-state index in [1.807, 2.05) is 20.8 Å². The van der Waals surface area contributed by atoms with Gasteiger partial charge in [-0.05, 0) is 85.0 Å². The maximum absolute atomic E-state index is 12.8. The standard InChI is InChI=1S/C47H85NO6/c1-6-8-10-12-14-16-18-20-22-24-26-28-30-32-34-36-44(49)52-40-42-38-48(46(51)54-47(3,4)5)39-43(42)41-53-45(50)37-35-33-31-29-27-25-23-21-19-17-15-13-11-9-7-2/h20-23,42-43H,6-19,24-41H2,1-5H3/b22-20-,23-21-/t42-,43-/m1/s1. The third-order valence-electron chi connectivity index (χ3n) is 10.4. The summed E-state index contributed by atoms with van der Waals surface area (Å²) in [5.41, 5.74) is -0.600. The van der Waals surface area contributed by atoms with Crippen LogP contribution in [0, 0.1) is 11.8 Å². The van der Waals surface area contributed by atoms with Gasteiger partial charge < -0.3 is 19.1 Å². The number of carbonyl (C=O) groups is 3. The van der Waals surface area contributed by atoms with Crippen LogP contribution in [0.4, 0.5) is 4.79 Å². The second-order valence-electron chi connectivity index (χ2n) is 16.9. The molecule has 0 spiro atoms. The highest BCUT2D eigenvalue weighted by Gasteiger charge is 2.38. The average molecular weight is 760 g/mol. The average Bonchev–Trinajstić information content (AvgIpc) is 3.55. The predicted molar refractivity (Wildman–Crippen MR) is 226 cm³/mol. The van der Waals surface area contributed by atoms with Gasteiger partial charge in [-0.2, -0.15) is 0 Å². The van der Waals surface area contributed by atoms with E-state index in [4.69, 9.17) is 14.2 Å². The van der Waals surface area contributed by atoms with Gasteiger partial charge >= 0.3 is 18.0 Å². The molecule has 1 rings (SSSR count). The predicted octanol–water partition coefficient (Wildman–Crippen LogP) is 13.6. The number of rotatable bonds is 34. The fraction of sp³-hybridized carbons (Fsp3) is 0.851. The molecule has 7 nitrogen and oxygen atoms in total. The lowest BCUT2D eigenvalue weighted by atomic mass is 9.98. The van der Waals surface area contributed by atoms with E-state index in [-0.39, 0.29) is 43.1 Å². The highest BCUT2D eigenvalue weighted by Crippen LogP contribution is 2.27. The molecule has 1 aliphatic heterocycles. The molecule has 0 N–H and O–H groups in total. The van der Waals surface area contributed by atoms with E-state index in [1.54, 1.807) is 4.90 Å². The smallest absolute Gasteiger partial charge is 0.410 e. The molecule has 1 fully saturated rings. The summed E-state index contributed by atoms with van der Waals surface area (Å²) in [7, 11) is 0. The Labute approximate surface area is 333 Å². The molecule has 0 aromatic carbocycles. The number of allylic oxidation sites excluding steroid dienone is 4. The first-order valence-corrected chi connectivity index (χ1v) is 22.7. The van der Waals surface area contributed by atoms with Gasteiger partial charge in [-0.25, -0.2) is 4.79 Å². The molecule has 0 aliphatic carbocycles. The number of hydrogen-bond donors (Lipinski definition) is 0. The van der Waals surface area contributed by atoms with Gasteiger partial charge in [0, 0.05) is 37.8 Å². The van der Waals surface area contributed by atoms with Crippen LogP contribution in [0.1, 0.15) is 214 Å². The van der Waals surface area contributed by atoms with E-state index < -0.39 is 5.60 Å². The van der Waals surface area contributed by atoms with Crippen LogP contribution < -0.4 is 0 Å². The Kier molecular flexibility index (Phi) is 31.3. The number of amides is 1. The SMILES string of the molecule is CCCCCCCC/C=C\CCCCCCCC(=O)OC[C@H]1CN(C(=O)OC(C)(C)C)C[C@@H]1COC(=O)CCCCCCC/C=C\CCCCCCCC. The van der Waals surface area contributed by atoms with Crippen molar-refractivity contribution < 1.29 is 28.6 Å². The van der Waals surface area contributed by atoms with E-state index >= 15 is 0 Å². The van der Waals surface area contributed by atoms with Gasteiger partial charge in [-0.1, -0.05) is 141 Å². The Morgan fingerprint density at radius 2 is 0.815 bits per heavy atom. The quantitative estimate of drug-likeness (QED) is 0.0281. The first-order valence-electron chi connectivity index (χ1n) is 22.7. The number of nitrogens with zero attached hydrogens (tertiary/aromatic N) is 1. The number of hydrogen-bond acceptors (Lipinski definition) is 6. The summed E-state index contributed by atoms with van der Waals surface area (Å²) < 4.78 is 17.0. The lowest BCUT2D eigenvalue weighted by Crippen LogP contribution is -2.35. The van der Waals surface area contributed by atoms with Crippen molar-refractivity contribution in [2.75, 3.05) is 26.3 Å². The maximum atomic E-state index is 12.8. The third-order valence-corrected chi connectivity index (χ3v) is 10.4. The summed E-state index contributed by atoms with van der Waals surface area (Å²) in [6.45, 7) is 11.4. The molecule has 0 radical (unpaired) electrons. The maximum Gasteiger partial charge on any atom is 0.410 e. The van der Waals surface area contributed by atoms with Gasteiger partial charge in [0.25, 0.3) is 0 Å². The molecule has 54 heavy (non-hydrogen) atoms. The van der Waals surface area contributed by atoms with Crippen LogP contribution in [-0.4, -0.2) is 54.8 Å². The van der Waals surface area contributed by atoms with Gasteiger partial charge in [0.1, 0.15) is 5.60 Å². The largest absolute Gasteiger partial charge is 0.465 e. The number of esters is 2. The van der Waals surface area contributed by atoms with Crippen LogP contribution in [0.3, 0.4) is 0 Å². The van der Waals surface area contributed by atoms with Crippen molar-refractivity contribution >= 4 is 18.0 Å². The minimum atomic E-state index is -0.600. The lowest BCUT2D eigenvalue weighted by Gasteiger charge is -2.24. The van der Waals surface area contributed by atoms with E-state index in [2.05, 4.69) is 38.2 Å². The Balaban J connectivity index is 2.25. The van der Waals surface area contributed by atoms with E-state index in [1.165, 1.54) is 116 Å². The highest BCUT2D eigenvalue weighted by atomic mass is 16.6. The zero-order valence-corrected chi connectivity index (χ0v) is 36.0. The second-order valence-corrected chi connectivity index (χ2v) is 16.9. The zero-order chi connectivity index (χ0) is 39.5. The Morgan fingerprint density at radius 3 is 1.15 bits per heavy atom. The number of ether oxygens (including phenoxy) is 3. The van der Waals surface area contributed by atoms with Crippen molar-refractivity contribution in [1.29, 1.82) is 0 Å². The van der Waals surface area contributed by atoms with Crippen molar-refractivity contribution in [3.8, 4) is 0 Å². The second kappa shape index (κ2) is 34.0. The van der Waals surface area contributed by atoms with Crippen LogP contribution >= 0.6 is 0 Å². The van der Waals surface area contributed by atoms with Crippen molar-refractivity contribution in [3.05, 3.63) is 24.3 Å². The van der Waals surface area contributed by atoms with E-state index in [0.717, 1.165) is 51.4 Å². The van der Waals surface area contributed by atoms with Gasteiger partial charge in [0.15, 0.2) is 0 Å². The molecule has 0 unspecified atom stereocenters. The van der Waals surface area contributed by atoms with Gasteiger partial charge in [0.05, 0.1) is 13.2 Å². The van der Waals surface area contributed by atoms with Crippen LogP contribution in [-0.2, 0) is 23.8 Å². The van der Waals surface area contributed by atoms with Crippen molar-refractivity contribution in [2.24, 2.45) is 11.8 Å². The topological polar surface area (TPSA) is 82.1 Å². The summed E-state index contributed by atoms with van der Waals surface area (Å²) in [6.07, 6.45) is 41.5. The van der Waals surface area contributed by atoms with Gasteiger partial charge in [-0.3, -0.25) is 9.59 Å². The molecule has 0 bridgehead atoms.